The maximum Gasteiger partial charge on any atom is 0.109 e. The lowest BCUT2D eigenvalue weighted by atomic mass is 10.2. The second kappa shape index (κ2) is 6.53. The molecule has 0 aliphatic carbocycles. The van der Waals surface area contributed by atoms with Gasteiger partial charge in [0.1, 0.15) is 5.82 Å². The summed E-state index contributed by atoms with van der Waals surface area (Å²) in [6, 6.07) is 7.89. The number of rotatable bonds is 6. The Hall–Kier alpha value is -1.86. The molecule has 0 aliphatic rings. The number of nitriles is 1. The van der Waals surface area contributed by atoms with Crippen molar-refractivity contribution in [2.24, 2.45) is 0 Å². The first-order valence-corrected chi connectivity index (χ1v) is 7.11. The Bertz CT molecular complexity index is 624. The molecule has 1 atom stereocenters. The van der Waals surface area contributed by atoms with E-state index in [0.717, 1.165) is 42.7 Å². The number of benzene rings is 1. The van der Waals surface area contributed by atoms with Crippen molar-refractivity contribution in [3.63, 3.8) is 0 Å². The van der Waals surface area contributed by atoms with Crippen LogP contribution in [0.25, 0.3) is 11.0 Å². The molecule has 1 unspecified atom stereocenters. The number of ether oxygens (including phenoxy) is 1. The molecule has 0 fully saturated rings. The first-order valence-electron chi connectivity index (χ1n) is 7.11. The van der Waals surface area contributed by atoms with Gasteiger partial charge in [-0.05, 0) is 38.0 Å². The number of aryl methyl sites for hydroxylation is 2. The number of nitrogens with zero attached hydrogens (tertiary/aromatic N) is 3. The Kier molecular flexibility index (Phi) is 4.75. The fraction of sp³-hybridized carbons (Fsp3) is 0.500. The van der Waals surface area contributed by atoms with E-state index in [-0.39, 0.29) is 6.10 Å². The van der Waals surface area contributed by atoms with Crippen molar-refractivity contribution in [1.29, 1.82) is 5.26 Å². The Morgan fingerprint density at radius 1 is 1.45 bits per heavy atom. The van der Waals surface area contributed by atoms with Crippen LogP contribution in [0.15, 0.2) is 18.2 Å². The summed E-state index contributed by atoms with van der Waals surface area (Å²) in [4.78, 5) is 4.70. The highest BCUT2D eigenvalue weighted by Crippen LogP contribution is 2.20. The average molecular weight is 271 g/mol. The van der Waals surface area contributed by atoms with E-state index in [9.17, 15) is 0 Å². The van der Waals surface area contributed by atoms with E-state index in [1.165, 1.54) is 0 Å². The average Bonchev–Trinajstić information content (AvgIpc) is 2.82. The molecule has 0 radical (unpaired) electrons. The minimum absolute atomic E-state index is 0.236. The highest BCUT2D eigenvalue weighted by atomic mass is 16.5. The molecule has 4 heteroatoms. The van der Waals surface area contributed by atoms with Gasteiger partial charge in [-0.25, -0.2) is 4.98 Å². The number of methoxy groups -OCH3 is 1. The fourth-order valence-electron chi connectivity index (χ4n) is 2.36. The van der Waals surface area contributed by atoms with E-state index >= 15 is 0 Å². The molecule has 4 nitrogen and oxygen atoms in total. The maximum absolute atomic E-state index is 8.98. The third-order valence-electron chi connectivity index (χ3n) is 3.58. The van der Waals surface area contributed by atoms with Gasteiger partial charge in [0.05, 0.1) is 28.8 Å². The van der Waals surface area contributed by atoms with Crippen molar-refractivity contribution in [1.82, 2.24) is 9.55 Å². The molecule has 0 saturated carbocycles. The maximum atomic E-state index is 8.98. The first kappa shape index (κ1) is 14.5. The summed E-state index contributed by atoms with van der Waals surface area (Å²) in [7, 11) is 1.74. The first-order chi connectivity index (χ1) is 9.69. The number of hydrogen-bond acceptors (Lipinski definition) is 3. The van der Waals surface area contributed by atoms with Crippen LogP contribution in [0.4, 0.5) is 0 Å². The van der Waals surface area contributed by atoms with Gasteiger partial charge in [-0.2, -0.15) is 5.26 Å². The molecule has 0 spiro atoms. The quantitative estimate of drug-likeness (QED) is 0.810. The lowest BCUT2D eigenvalue weighted by molar-refractivity contribution is 0.110. The molecular weight excluding hydrogens is 250 g/mol. The molecule has 0 saturated heterocycles. The molecule has 0 bridgehead atoms. The van der Waals surface area contributed by atoms with Gasteiger partial charge in [0.2, 0.25) is 0 Å². The third kappa shape index (κ3) is 3.00. The minimum Gasteiger partial charge on any atom is -0.382 e. The lowest BCUT2D eigenvalue weighted by Gasteiger charge is -2.10. The topological polar surface area (TPSA) is 50.8 Å². The Labute approximate surface area is 120 Å². The zero-order valence-electron chi connectivity index (χ0n) is 12.4. The van der Waals surface area contributed by atoms with Crippen LogP contribution >= 0.6 is 0 Å². The molecule has 106 valence electrons. The predicted octanol–water partition coefficient (Wildman–Crippen LogP) is 3.29. The van der Waals surface area contributed by atoms with Crippen molar-refractivity contribution < 1.29 is 4.74 Å². The summed E-state index contributed by atoms with van der Waals surface area (Å²) in [6.45, 7) is 5.19. The Balaban J connectivity index is 2.36. The summed E-state index contributed by atoms with van der Waals surface area (Å²) in [5.74, 6) is 1.08. The largest absolute Gasteiger partial charge is 0.382 e. The normalized spacial score (nSPS) is 12.5. The van der Waals surface area contributed by atoms with Crippen molar-refractivity contribution in [2.75, 3.05) is 7.11 Å². The van der Waals surface area contributed by atoms with Gasteiger partial charge in [-0.1, -0.05) is 6.92 Å². The van der Waals surface area contributed by atoms with Gasteiger partial charge in [-0.15, -0.1) is 0 Å². The monoisotopic (exact) mass is 271 g/mol. The van der Waals surface area contributed by atoms with Crippen LogP contribution in [0.5, 0.6) is 0 Å². The number of hydrogen-bond donors (Lipinski definition) is 0. The summed E-state index contributed by atoms with van der Waals surface area (Å²) >= 11 is 0. The lowest BCUT2D eigenvalue weighted by Crippen LogP contribution is -2.10. The molecule has 1 aromatic carbocycles. The van der Waals surface area contributed by atoms with E-state index in [1.807, 2.05) is 18.2 Å². The Morgan fingerprint density at radius 2 is 2.25 bits per heavy atom. The standard InChI is InChI=1S/C16H21N3O/c1-4-9-19-15-7-6-13(11-17)10-14(15)18-16(19)8-5-12(2)20-3/h6-7,10,12H,4-5,8-9H2,1-3H3. The van der Waals surface area contributed by atoms with Crippen LogP contribution in [0.3, 0.4) is 0 Å². The van der Waals surface area contributed by atoms with Crippen molar-refractivity contribution in [2.45, 2.75) is 45.8 Å². The SMILES string of the molecule is CCCn1c(CCC(C)OC)nc2cc(C#N)ccc21. The fourth-order valence-corrected chi connectivity index (χ4v) is 2.36. The predicted molar refractivity (Wildman–Crippen MR) is 79.5 cm³/mol. The summed E-state index contributed by atoms with van der Waals surface area (Å²) in [5.41, 5.74) is 2.69. The van der Waals surface area contributed by atoms with Crippen LogP contribution in [0.1, 0.15) is 38.1 Å². The number of fused-ring (bicyclic) bond motifs is 1. The second-order valence-corrected chi connectivity index (χ2v) is 5.08. The van der Waals surface area contributed by atoms with Gasteiger partial charge >= 0.3 is 0 Å². The van der Waals surface area contributed by atoms with Crippen LogP contribution in [-0.2, 0) is 17.7 Å². The molecular formula is C16H21N3O. The van der Waals surface area contributed by atoms with Gasteiger partial charge in [0, 0.05) is 20.1 Å². The zero-order valence-corrected chi connectivity index (χ0v) is 12.4. The van der Waals surface area contributed by atoms with Gasteiger partial charge < -0.3 is 9.30 Å². The highest BCUT2D eigenvalue weighted by Gasteiger charge is 2.12. The molecule has 0 amide bonds. The third-order valence-corrected chi connectivity index (χ3v) is 3.58. The summed E-state index contributed by atoms with van der Waals surface area (Å²) < 4.78 is 7.56. The van der Waals surface area contributed by atoms with E-state index < -0.39 is 0 Å². The molecule has 1 heterocycles. The number of imidazole rings is 1. The Morgan fingerprint density at radius 3 is 2.90 bits per heavy atom. The molecule has 0 aliphatic heterocycles. The summed E-state index contributed by atoms with van der Waals surface area (Å²) in [5, 5.41) is 8.98. The number of aromatic nitrogens is 2. The van der Waals surface area contributed by atoms with Gasteiger partial charge in [0.25, 0.3) is 0 Å². The van der Waals surface area contributed by atoms with E-state index in [0.29, 0.717) is 5.56 Å². The summed E-state index contributed by atoms with van der Waals surface area (Å²) in [6.07, 6.45) is 3.15. The van der Waals surface area contributed by atoms with Gasteiger partial charge in [0.15, 0.2) is 0 Å². The molecule has 2 rings (SSSR count). The zero-order chi connectivity index (χ0) is 14.5. The molecule has 20 heavy (non-hydrogen) atoms. The van der Waals surface area contributed by atoms with Crippen molar-refractivity contribution in [3.05, 3.63) is 29.6 Å². The van der Waals surface area contributed by atoms with Crippen molar-refractivity contribution >= 4 is 11.0 Å². The van der Waals surface area contributed by atoms with E-state index in [1.54, 1.807) is 7.11 Å². The molecule has 0 N–H and O–H groups in total. The van der Waals surface area contributed by atoms with E-state index in [4.69, 9.17) is 15.0 Å². The van der Waals surface area contributed by atoms with Crippen LogP contribution in [-0.4, -0.2) is 22.8 Å². The highest BCUT2D eigenvalue weighted by molar-refractivity contribution is 5.77. The van der Waals surface area contributed by atoms with Crippen molar-refractivity contribution in [3.8, 4) is 6.07 Å². The smallest absolute Gasteiger partial charge is 0.109 e. The van der Waals surface area contributed by atoms with Crippen LogP contribution in [0.2, 0.25) is 0 Å². The second-order valence-electron chi connectivity index (χ2n) is 5.08. The van der Waals surface area contributed by atoms with E-state index in [2.05, 4.69) is 24.5 Å². The molecule has 2 aromatic rings. The van der Waals surface area contributed by atoms with Crippen LogP contribution < -0.4 is 0 Å². The van der Waals surface area contributed by atoms with Gasteiger partial charge in [-0.3, -0.25) is 0 Å². The van der Waals surface area contributed by atoms with Crippen LogP contribution in [0, 0.1) is 11.3 Å². The molecule has 1 aromatic heterocycles. The minimum atomic E-state index is 0.236.